The highest BCUT2D eigenvalue weighted by molar-refractivity contribution is 5.97. The Morgan fingerprint density at radius 1 is 0.487 bits per heavy atom. The number of primary amides is 1. The number of nitrogens with zero attached hydrogens (tertiary/aromatic N) is 5. The fraction of sp³-hybridized carbons (Fsp3) is 0.333. The van der Waals surface area contributed by atoms with Crippen molar-refractivity contribution in [1.29, 1.82) is 0 Å². The minimum Gasteiger partial charge on any atom is -0.480 e. The number of carbonyl (C=O) groups is 9. The number of hydrogen-bond donors (Lipinski definition) is 16. The van der Waals surface area contributed by atoms with Gasteiger partial charge in [0.15, 0.2) is 0 Å². The molecule has 6 aromatic heterocycles. The summed E-state index contributed by atoms with van der Waals surface area (Å²) >= 11 is 0. The molecule has 0 radical (unpaired) electrons. The van der Waals surface area contributed by atoms with Crippen LogP contribution in [0, 0.1) is 0 Å². The molecule has 0 aliphatic heterocycles. The van der Waals surface area contributed by atoms with Crippen molar-refractivity contribution in [2.75, 3.05) is 6.54 Å². The largest absolute Gasteiger partial charge is 0.480 e. The van der Waals surface area contributed by atoms with E-state index < -0.39 is 102 Å². The molecule has 0 spiro atoms. The van der Waals surface area contributed by atoms with Crippen LogP contribution in [-0.4, -0.2) is 162 Å². The average molecular weight is 1080 g/mol. The van der Waals surface area contributed by atoms with Gasteiger partial charge in [0.25, 0.3) is 0 Å². The number of para-hydroxylation sites is 1. The average Bonchev–Trinajstić information content (AvgIpc) is 4.30. The molecular formula is C48H58N20O10. The van der Waals surface area contributed by atoms with Crippen molar-refractivity contribution in [2.24, 2.45) is 11.5 Å². The van der Waals surface area contributed by atoms with E-state index in [1.54, 1.807) is 30.5 Å². The highest BCUT2D eigenvalue weighted by atomic mass is 16.4. The maximum Gasteiger partial charge on any atom is 0.326 e. The fourth-order valence-corrected chi connectivity index (χ4v) is 8.21. The number of amides is 8. The van der Waals surface area contributed by atoms with Gasteiger partial charge in [-0.1, -0.05) is 18.2 Å². The molecule has 1 aromatic carbocycles. The lowest BCUT2D eigenvalue weighted by Crippen LogP contribution is -2.60. The number of H-pyrrole nitrogens is 6. The molecule has 18 N–H and O–H groups in total. The van der Waals surface area contributed by atoms with Gasteiger partial charge >= 0.3 is 5.97 Å². The molecule has 6 heterocycles. The van der Waals surface area contributed by atoms with Gasteiger partial charge in [-0.05, 0) is 18.1 Å². The first-order valence-electron chi connectivity index (χ1n) is 24.3. The Labute approximate surface area is 442 Å². The number of carboxylic acid groups (broad SMARTS) is 1. The van der Waals surface area contributed by atoms with Crippen LogP contribution in [-0.2, 0) is 81.7 Å². The van der Waals surface area contributed by atoms with Gasteiger partial charge in [0.05, 0.1) is 44.2 Å². The minimum atomic E-state index is -1.47. The van der Waals surface area contributed by atoms with Crippen LogP contribution >= 0.6 is 0 Å². The van der Waals surface area contributed by atoms with Gasteiger partial charge in [0, 0.05) is 121 Å². The Balaban J connectivity index is 1.04. The van der Waals surface area contributed by atoms with E-state index >= 15 is 0 Å². The second kappa shape index (κ2) is 27.0. The third kappa shape index (κ3) is 16.2. The predicted octanol–water partition coefficient (Wildman–Crippen LogP) is -3.76. The molecule has 0 saturated carbocycles. The topological polar surface area (TPSA) is 469 Å². The number of rotatable bonds is 30. The van der Waals surface area contributed by atoms with Crippen LogP contribution in [0.3, 0.4) is 0 Å². The molecule has 0 saturated heterocycles. The number of imidazole rings is 5. The Hall–Kier alpha value is -10.0. The molecule has 0 aliphatic carbocycles. The van der Waals surface area contributed by atoms with E-state index in [1.165, 1.54) is 62.6 Å². The molecule has 0 fully saturated rings. The lowest BCUT2D eigenvalue weighted by atomic mass is 10.0. The van der Waals surface area contributed by atoms with Gasteiger partial charge in [-0.2, -0.15) is 0 Å². The fourth-order valence-electron chi connectivity index (χ4n) is 8.21. The molecule has 7 rings (SSSR count). The van der Waals surface area contributed by atoms with E-state index in [9.17, 15) is 48.3 Å². The molecular weight excluding hydrogens is 1020 g/mol. The van der Waals surface area contributed by atoms with Gasteiger partial charge in [0.2, 0.25) is 47.3 Å². The van der Waals surface area contributed by atoms with Crippen LogP contribution in [0.25, 0.3) is 10.9 Å². The van der Waals surface area contributed by atoms with Crippen molar-refractivity contribution in [3.05, 3.63) is 127 Å². The number of nitrogens with two attached hydrogens (primary N) is 2. The first kappa shape index (κ1) is 55.7. The summed E-state index contributed by atoms with van der Waals surface area (Å²) in [6, 6.07) is -2.48. The minimum absolute atomic E-state index is 0.0707. The highest BCUT2D eigenvalue weighted by Gasteiger charge is 2.34. The van der Waals surface area contributed by atoms with Gasteiger partial charge in [0.1, 0.15) is 36.3 Å². The number of nitrogens with one attached hydrogen (secondary N) is 13. The van der Waals surface area contributed by atoms with Crippen molar-refractivity contribution in [2.45, 2.75) is 93.7 Å². The summed E-state index contributed by atoms with van der Waals surface area (Å²) in [5.41, 5.74) is 15.1. The zero-order chi connectivity index (χ0) is 55.6. The van der Waals surface area contributed by atoms with Gasteiger partial charge in [-0.25, -0.2) is 29.7 Å². The maximum absolute atomic E-state index is 14.5. The second-order valence-electron chi connectivity index (χ2n) is 18.1. The lowest BCUT2D eigenvalue weighted by Gasteiger charge is -2.26. The van der Waals surface area contributed by atoms with Gasteiger partial charge < -0.3 is 83.7 Å². The van der Waals surface area contributed by atoms with Crippen LogP contribution < -0.4 is 48.7 Å². The van der Waals surface area contributed by atoms with Crippen LogP contribution in [0.1, 0.15) is 46.9 Å². The summed E-state index contributed by atoms with van der Waals surface area (Å²) in [5, 5.41) is 28.8. The molecule has 30 heteroatoms. The first-order chi connectivity index (χ1) is 37.6. The molecule has 7 aromatic rings. The first-order valence-corrected chi connectivity index (χ1v) is 24.3. The lowest BCUT2D eigenvalue weighted by molar-refractivity contribution is -0.142. The van der Waals surface area contributed by atoms with Crippen LogP contribution in [0.4, 0.5) is 0 Å². The third-order valence-corrected chi connectivity index (χ3v) is 12.2. The van der Waals surface area contributed by atoms with Crippen molar-refractivity contribution in [3.8, 4) is 0 Å². The number of hydrogen-bond acceptors (Lipinski definition) is 15. The van der Waals surface area contributed by atoms with E-state index in [2.05, 4.69) is 92.0 Å². The van der Waals surface area contributed by atoms with E-state index in [-0.39, 0.29) is 51.4 Å². The number of aromatic amines is 6. The Bertz CT molecular complexity index is 3100. The summed E-state index contributed by atoms with van der Waals surface area (Å²) in [5.74, 6) is -8.18. The summed E-state index contributed by atoms with van der Waals surface area (Å²) in [4.78, 5) is 159. The van der Waals surface area contributed by atoms with Gasteiger partial charge in [-0.3, -0.25) is 38.4 Å². The number of aliphatic carboxylic acids is 1. The van der Waals surface area contributed by atoms with Crippen LogP contribution in [0.2, 0.25) is 0 Å². The number of benzene rings is 1. The van der Waals surface area contributed by atoms with Crippen molar-refractivity contribution < 1.29 is 48.3 Å². The molecule has 78 heavy (non-hydrogen) atoms. The second-order valence-corrected chi connectivity index (χ2v) is 18.1. The molecule has 410 valence electrons. The number of fused-ring (bicyclic) bond motifs is 1. The summed E-state index contributed by atoms with van der Waals surface area (Å²) in [7, 11) is 0. The monoisotopic (exact) mass is 1070 g/mol. The van der Waals surface area contributed by atoms with E-state index in [0.29, 0.717) is 34.0 Å². The SMILES string of the molecule is NC(=O)CC[C@H](NC(=O)CNC(=O)[C@H](Cc1cnc[nH]1)NC(=O)[C@H](Cc1cnc[nH]1)NC(=O)[C@H](Cc1cnc[nH]1)NC(=O)[C@H](Cc1cnc[nH]1)NC(=O)[C@@H](N)Cc1cnc[nH]1)C(=O)N[C@@H](Cc1c[nH]c2ccccc12)C(=O)O. The molecule has 30 nitrogen and oxygen atoms in total. The van der Waals surface area contributed by atoms with E-state index in [4.69, 9.17) is 11.5 Å². The van der Waals surface area contributed by atoms with Crippen molar-refractivity contribution in [3.63, 3.8) is 0 Å². The normalized spacial score (nSPS) is 13.9. The summed E-state index contributed by atoms with van der Waals surface area (Å²) < 4.78 is 0. The van der Waals surface area contributed by atoms with E-state index in [0.717, 1.165) is 10.9 Å². The van der Waals surface area contributed by atoms with Crippen LogP contribution in [0.5, 0.6) is 0 Å². The maximum atomic E-state index is 14.5. The standard InChI is InChI=1S/C48H58N20O10/c49-32(8-26-14-51-20-58-26)42(71)64-36(10-28-16-53-22-60-28)45(74)66-38(12-30-18-55-24-62-30)47(76)67-37(11-29-17-54-23-61-29)46(75)65-35(9-27-15-52-21-59-27)43(72)57-19-41(70)63-34(5-6-40(50)69)44(73)68-39(48(77)78)7-25-13-56-33-4-2-1-3-31(25)33/h1-4,13-18,20-24,32,34-39,56H,5-12,19,49H2,(H2,50,69)(H,51,58)(H,52,59)(H,53,60)(H,54,61)(H,55,62)(H,57,72)(H,63,70)(H,64,71)(H,65,75)(H,66,74)(H,67,76)(H,68,73)(H,77,78)/t32-,34-,35-,36-,37-,38-,39-/m0/s1. The molecule has 0 unspecified atom stereocenters. The van der Waals surface area contributed by atoms with Crippen molar-refractivity contribution in [1.82, 2.24) is 92.0 Å². The molecule has 7 atom stereocenters. The van der Waals surface area contributed by atoms with Crippen LogP contribution in [0.15, 0.2) is 93.1 Å². The Morgan fingerprint density at radius 3 is 1.33 bits per heavy atom. The number of carboxylic acids is 1. The summed E-state index contributed by atoms with van der Waals surface area (Å²) in [6.45, 7) is -0.770. The number of carbonyl (C=O) groups excluding carboxylic acids is 8. The van der Waals surface area contributed by atoms with Crippen molar-refractivity contribution >= 4 is 64.1 Å². The molecule has 8 amide bonds. The van der Waals surface area contributed by atoms with E-state index in [1.807, 2.05) is 0 Å². The quantitative estimate of drug-likeness (QED) is 0.0206. The van der Waals surface area contributed by atoms with Gasteiger partial charge in [-0.15, -0.1) is 0 Å². The summed E-state index contributed by atoms with van der Waals surface area (Å²) in [6.07, 6.45) is 14.2. The highest BCUT2D eigenvalue weighted by Crippen LogP contribution is 2.19. The number of aromatic nitrogens is 11. The third-order valence-electron chi connectivity index (χ3n) is 12.2. The molecule has 0 aliphatic rings. The zero-order valence-electron chi connectivity index (χ0n) is 41.6. The zero-order valence-corrected chi connectivity index (χ0v) is 41.6. The molecule has 0 bridgehead atoms. The predicted molar refractivity (Wildman–Crippen MR) is 272 cm³/mol. The Kier molecular flexibility index (Phi) is 19.3. The smallest absolute Gasteiger partial charge is 0.326 e. The Morgan fingerprint density at radius 2 is 0.897 bits per heavy atom.